The Morgan fingerprint density at radius 2 is 2.00 bits per heavy atom. The number of aryl methyl sites for hydroxylation is 1. The molecular weight excluding hydrogens is 398 g/mol. The average molecular weight is 426 g/mol. The number of hydrogen-bond acceptors (Lipinski definition) is 2. The Labute approximate surface area is 150 Å². The van der Waals surface area contributed by atoms with E-state index in [9.17, 15) is 0 Å². The molecule has 1 aliphatic carbocycles. The number of rotatable bonds is 4. The number of nitrogens with zero attached hydrogens (tertiary/aromatic N) is 2. The molecule has 1 aromatic rings. The van der Waals surface area contributed by atoms with Gasteiger partial charge < -0.3 is 0 Å². The topological polar surface area (TPSA) is 6.48 Å². The van der Waals surface area contributed by atoms with E-state index < -0.39 is 21.4 Å². The maximum atomic E-state index is 6.49. The Balaban J connectivity index is 1.47. The van der Waals surface area contributed by atoms with Gasteiger partial charge in [-0.05, 0) is 0 Å². The second-order valence-corrected chi connectivity index (χ2v) is 10.8. The molecule has 1 aliphatic heterocycles. The predicted molar refractivity (Wildman–Crippen MR) is 96.9 cm³/mol. The van der Waals surface area contributed by atoms with Crippen LogP contribution in [0.5, 0.6) is 0 Å². The summed E-state index contributed by atoms with van der Waals surface area (Å²) in [6.07, 6.45) is 8.86. The Hall–Kier alpha value is 0.0687. The van der Waals surface area contributed by atoms with Gasteiger partial charge in [0.1, 0.15) is 0 Å². The standard InChI is InChI=1S/C18H27ClN2.Sn/c1-15-7-6-10-17(18(15)19)21(2)14-13-20-12-11-16-8-4-3-5-9-16;/h6-7,10,16H,2-5,8-9,11-14H2,1H3;/q-1;+1. The zero-order chi connectivity index (χ0) is 15.4. The summed E-state index contributed by atoms with van der Waals surface area (Å²) in [7, 11) is 0. The van der Waals surface area contributed by atoms with Gasteiger partial charge in [-0.1, -0.05) is 0 Å². The molecule has 0 aromatic heterocycles. The number of halogens is 1. The molecular formula is C18H27ClN2Sn. The minimum absolute atomic E-state index is 0.439. The molecule has 0 unspecified atom stereocenters. The van der Waals surface area contributed by atoms with Gasteiger partial charge in [-0.25, -0.2) is 0 Å². The van der Waals surface area contributed by atoms with Crippen LogP contribution in [0.15, 0.2) is 18.2 Å². The third-order valence-electron chi connectivity index (χ3n) is 5.17. The van der Waals surface area contributed by atoms with E-state index in [0.29, 0.717) is 0 Å². The quantitative estimate of drug-likeness (QED) is 0.663. The molecule has 22 heavy (non-hydrogen) atoms. The molecule has 1 saturated carbocycles. The summed E-state index contributed by atoms with van der Waals surface area (Å²) in [5.41, 5.74) is 2.46. The van der Waals surface area contributed by atoms with E-state index in [2.05, 4.69) is 33.1 Å². The first-order chi connectivity index (χ1) is 10.7. The van der Waals surface area contributed by atoms with E-state index in [4.69, 9.17) is 11.6 Å². The molecule has 0 amide bonds. The van der Waals surface area contributed by atoms with Crippen molar-refractivity contribution in [3.8, 4) is 0 Å². The fraction of sp³-hybridized carbons (Fsp3) is 0.667. The Kier molecular flexibility index (Phi) is 6.34. The SMILES string of the molecule is Cc1cccc(N2CC[N](CCC3CCCCC3)[Sn][CH2]2)c1Cl. The van der Waals surface area contributed by atoms with E-state index in [1.165, 1.54) is 67.4 Å². The van der Waals surface area contributed by atoms with E-state index in [1.54, 1.807) is 0 Å². The van der Waals surface area contributed by atoms with Crippen LogP contribution in [-0.4, -0.2) is 48.7 Å². The van der Waals surface area contributed by atoms with Crippen molar-refractivity contribution < 1.29 is 0 Å². The monoisotopic (exact) mass is 426 g/mol. The molecule has 120 valence electrons. The van der Waals surface area contributed by atoms with Crippen LogP contribution in [0.4, 0.5) is 5.69 Å². The van der Waals surface area contributed by atoms with Gasteiger partial charge in [-0.3, -0.25) is 0 Å². The van der Waals surface area contributed by atoms with Crippen molar-refractivity contribution in [2.24, 2.45) is 5.92 Å². The molecule has 4 heteroatoms. The molecule has 0 bridgehead atoms. The van der Waals surface area contributed by atoms with Crippen molar-refractivity contribution >= 4 is 38.7 Å². The van der Waals surface area contributed by atoms with Gasteiger partial charge in [0.25, 0.3) is 0 Å². The third-order valence-corrected chi connectivity index (χ3v) is 9.71. The van der Waals surface area contributed by atoms with Crippen LogP contribution in [0.3, 0.4) is 0 Å². The summed E-state index contributed by atoms with van der Waals surface area (Å²) in [6, 6.07) is 6.43. The number of benzene rings is 1. The molecule has 0 atom stereocenters. The van der Waals surface area contributed by atoms with Gasteiger partial charge in [0.2, 0.25) is 0 Å². The van der Waals surface area contributed by atoms with Crippen molar-refractivity contribution in [2.45, 2.75) is 45.4 Å². The fourth-order valence-corrected chi connectivity index (χ4v) is 7.47. The average Bonchev–Trinajstić information content (AvgIpc) is 2.57. The predicted octanol–water partition coefficient (Wildman–Crippen LogP) is 4.32. The van der Waals surface area contributed by atoms with E-state index >= 15 is 0 Å². The van der Waals surface area contributed by atoms with Crippen LogP contribution >= 0.6 is 11.6 Å². The Morgan fingerprint density at radius 3 is 2.73 bits per heavy atom. The summed E-state index contributed by atoms with van der Waals surface area (Å²) in [6.45, 7) is 5.87. The van der Waals surface area contributed by atoms with Crippen molar-refractivity contribution in [3.05, 3.63) is 28.8 Å². The summed E-state index contributed by atoms with van der Waals surface area (Å²) in [5, 5.41) is 0.956. The van der Waals surface area contributed by atoms with Crippen molar-refractivity contribution in [1.29, 1.82) is 0 Å². The van der Waals surface area contributed by atoms with Crippen LogP contribution in [0.1, 0.15) is 44.1 Å². The van der Waals surface area contributed by atoms with Gasteiger partial charge in [0.05, 0.1) is 0 Å². The first kappa shape index (κ1) is 16.9. The molecule has 0 spiro atoms. The second-order valence-electron chi connectivity index (χ2n) is 6.77. The van der Waals surface area contributed by atoms with Crippen molar-refractivity contribution in [1.82, 2.24) is 3.12 Å². The zero-order valence-electron chi connectivity index (χ0n) is 13.7. The molecule has 1 aromatic carbocycles. The first-order valence-electron chi connectivity index (χ1n) is 8.72. The normalized spacial score (nSPS) is 21.3. The molecule has 2 aliphatic rings. The molecule has 1 saturated heterocycles. The first-order valence-corrected chi connectivity index (χ1v) is 12.4. The fourth-order valence-electron chi connectivity index (χ4n) is 3.67. The van der Waals surface area contributed by atoms with Gasteiger partial charge in [0.15, 0.2) is 0 Å². The van der Waals surface area contributed by atoms with Crippen LogP contribution in [0, 0.1) is 12.8 Å². The molecule has 3 rings (SSSR count). The Bertz CT molecular complexity index is 480. The van der Waals surface area contributed by atoms with Crippen LogP contribution in [0.25, 0.3) is 0 Å². The molecule has 2 fully saturated rings. The van der Waals surface area contributed by atoms with E-state index in [0.717, 1.165) is 17.5 Å². The van der Waals surface area contributed by atoms with Gasteiger partial charge in [-0.15, -0.1) is 0 Å². The maximum absolute atomic E-state index is 6.49. The van der Waals surface area contributed by atoms with Crippen LogP contribution in [0.2, 0.25) is 5.02 Å². The van der Waals surface area contributed by atoms with Gasteiger partial charge in [0, 0.05) is 0 Å². The van der Waals surface area contributed by atoms with Crippen molar-refractivity contribution in [3.63, 3.8) is 0 Å². The van der Waals surface area contributed by atoms with Gasteiger partial charge in [-0.2, -0.15) is 0 Å². The van der Waals surface area contributed by atoms with Crippen LogP contribution < -0.4 is 4.90 Å². The minimum atomic E-state index is -0.439. The summed E-state index contributed by atoms with van der Waals surface area (Å²) in [5.74, 6) is 1.03. The second kappa shape index (κ2) is 8.25. The summed E-state index contributed by atoms with van der Waals surface area (Å²) >= 11 is 6.05. The third kappa shape index (κ3) is 4.33. The molecule has 1 heterocycles. The van der Waals surface area contributed by atoms with Crippen molar-refractivity contribution in [2.75, 3.05) is 29.1 Å². The Morgan fingerprint density at radius 1 is 1.18 bits per heavy atom. The number of hydrogen-bond donors (Lipinski definition) is 0. The molecule has 0 N–H and O–H groups in total. The zero-order valence-corrected chi connectivity index (χ0v) is 17.3. The van der Waals surface area contributed by atoms with Gasteiger partial charge >= 0.3 is 151 Å². The van der Waals surface area contributed by atoms with E-state index in [-0.39, 0.29) is 0 Å². The van der Waals surface area contributed by atoms with E-state index in [1.807, 2.05) is 0 Å². The summed E-state index contributed by atoms with van der Waals surface area (Å²) < 4.78 is 4.09. The van der Waals surface area contributed by atoms with Crippen LogP contribution in [-0.2, 0) is 0 Å². The number of anilines is 1. The molecule has 2 radical (unpaired) electrons. The summed E-state index contributed by atoms with van der Waals surface area (Å²) in [4.78, 5) is 2.53. The molecule has 2 nitrogen and oxygen atoms in total.